The highest BCUT2D eigenvalue weighted by molar-refractivity contribution is 6.32. The number of para-hydroxylation sites is 1. The van der Waals surface area contributed by atoms with E-state index >= 15 is 0 Å². The van der Waals surface area contributed by atoms with E-state index in [2.05, 4.69) is 15.4 Å². The van der Waals surface area contributed by atoms with Crippen molar-refractivity contribution in [3.8, 4) is 11.4 Å². The van der Waals surface area contributed by atoms with E-state index < -0.39 is 18.0 Å². The lowest BCUT2D eigenvalue weighted by Crippen LogP contribution is -2.30. The number of pyridine rings is 1. The van der Waals surface area contributed by atoms with Gasteiger partial charge in [-0.2, -0.15) is 5.10 Å². The molecule has 8 nitrogen and oxygen atoms in total. The number of hydrogen-bond acceptors (Lipinski definition) is 6. The second-order valence-electron chi connectivity index (χ2n) is 5.70. The van der Waals surface area contributed by atoms with Gasteiger partial charge in [-0.25, -0.2) is 14.5 Å². The summed E-state index contributed by atoms with van der Waals surface area (Å²) in [5, 5.41) is 6.91. The van der Waals surface area contributed by atoms with Gasteiger partial charge in [0.1, 0.15) is 0 Å². The van der Waals surface area contributed by atoms with Gasteiger partial charge in [-0.15, -0.1) is 0 Å². The summed E-state index contributed by atoms with van der Waals surface area (Å²) in [5.74, 6) is -1.10. The van der Waals surface area contributed by atoms with Crippen molar-refractivity contribution in [2.24, 2.45) is 0 Å². The van der Waals surface area contributed by atoms with Crippen molar-refractivity contribution in [2.75, 3.05) is 12.4 Å². The zero-order valence-electron chi connectivity index (χ0n) is 15.1. The smallest absolute Gasteiger partial charge is 0.363 e. The van der Waals surface area contributed by atoms with E-state index in [9.17, 15) is 9.59 Å². The van der Waals surface area contributed by atoms with Crippen molar-refractivity contribution in [1.82, 2.24) is 14.8 Å². The van der Waals surface area contributed by atoms with Crippen LogP contribution in [0.4, 0.5) is 5.69 Å². The van der Waals surface area contributed by atoms with Crippen LogP contribution in [0.5, 0.6) is 5.75 Å². The molecular formula is C19H17ClN4O4. The molecule has 0 saturated heterocycles. The maximum Gasteiger partial charge on any atom is 0.363 e. The maximum absolute atomic E-state index is 12.5. The topological polar surface area (TPSA) is 95.3 Å². The van der Waals surface area contributed by atoms with Crippen LogP contribution in [0, 0.1) is 0 Å². The molecule has 2 aromatic heterocycles. The Bertz CT molecular complexity index is 991. The van der Waals surface area contributed by atoms with Gasteiger partial charge in [-0.3, -0.25) is 4.79 Å². The summed E-state index contributed by atoms with van der Waals surface area (Å²) in [6.07, 6.45) is 1.97. The first kappa shape index (κ1) is 19.4. The summed E-state index contributed by atoms with van der Waals surface area (Å²) in [5.41, 5.74) is 1.03. The van der Waals surface area contributed by atoms with Crippen molar-refractivity contribution in [3.63, 3.8) is 0 Å². The van der Waals surface area contributed by atoms with Crippen LogP contribution in [0.2, 0.25) is 5.15 Å². The van der Waals surface area contributed by atoms with Crippen LogP contribution in [-0.4, -0.2) is 39.9 Å². The molecule has 2 heterocycles. The normalized spacial score (nSPS) is 11.5. The highest BCUT2D eigenvalue weighted by atomic mass is 35.5. The number of benzene rings is 1. The molecule has 0 saturated carbocycles. The van der Waals surface area contributed by atoms with Crippen LogP contribution in [0.25, 0.3) is 5.69 Å². The third-order valence-corrected chi connectivity index (χ3v) is 4.09. The Labute approximate surface area is 166 Å². The molecule has 0 radical (unpaired) electrons. The lowest BCUT2D eigenvalue weighted by Gasteiger charge is -2.13. The van der Waals surface area contributed by atoms with Gasteiger partial charge in [-0.05, 0) is 31.2 Å². The highest BCUT2D eigenvalue weighted by Gasteiger charge is 2.25. The third-order valence-electron chi connectivity index (χ3n) is 3.78. The zero-order valence-corrected chi connectivity index (χ0v) is 15.9. The van der Waals surface area contributed by atoms with E-state index in [0.717, 1.165) is 5.69 Å². The van der Waals surface area contributed by atoms with Gasteiger partial charge in [0.15, 0.2) is 17.0 Å². The van der Waals surface area contributed by atoms with Gasteiger partial charge in [0.2, 0.25) is 5.69 Å². The summed E-state index contributed by atoms with van der Waals surface area (Å²) < 4.78 is 11.9. The number of nitrogens with zero attached hydrogens (tertiary/aromatic N) is 3. The molecule has 0 unspecified atom stereocenters. The van der Waals surface area contributed by atoms with E-state index in [1.807, 2.05) is 30.3 Å². The SMILES string of the molecule is COc1cn(-c2ccccc2)nc1C(=O)O[C@@H](C)C(=O)Nc1cccnc1Cl. The van der Waals surface area contributed by atoms with Gasteiger partial charge in [0.05, 0.1) is 24.7 Å². The summed E-state index contributed by atoms with van der Waals surface area (Å²) in [7, 11) is 1.42. The summed E-state index contributed by atoms with van der Waals surface area (Å²) in [4.78, 5) is 28.7. The Kier molecular flexibility index (Phi) is 5.90. The molecule has 1 amide bonds. The van der Waals surface area contributed by atoms with Gasteiger partial charge in [0, 0.05) is 6.20 Å². The number of nitrogens with one attached hydrogen (secondary N) is 1. The predicted molar refractivity (Wildman–Crippen MR) is 103 cm³/mol. The Morgan fingerprint density at radius 3 is 2.61 bits per heavy atom. The molecule has 1 atom stereocenters. The van der Waals surface area contributed by atoms with Crippen LogP contribution in [0.1, 0.15) is 17.4 Å². The average molecular weight is 401 g/mol. The standard InChI is InChI=1S/C19H17ClN4O4/c1-12(18(25)22-14-9-6-10-21-17(14)20)28-19(26)16-15(27-2)11-24(23-16)13-7-4-3-5-8-13/h3-12H,1-2H3,(H,22,25)/t12-/m0/s1. The largest absolute Gasteiger partial charge is 0.493 e. The Morgan fingerprint density at radius 2 is 1.93 bits per heavy atom. The molecular weight excluding hydrogens is 384 g/mol. The highest BCUT2D eigenvalue weighted by Crippen LogP contribution is 2.21. The molecule has 0 bridgehead atoms. The number of carbonyl (C=O) groups excluding carboxylic acids is 2. The van der Waals surface area contributed by atoms with Crippen LogP contribution in [-0.2, 0) is 9.53 Å². The van der Waals surface area contributed by atoms with Crippen molar-refractivity contribution < 1.29 is 19.1 Å². The minimum Gasteiger partial charge on any atom is -0.493 e. The van der Waals surface area contributed by atoms with Gasteiger partial charge >= 0.3 is 5.97 Å². The van der Waals surface area contributed by atoms with Crippen molar-refractivity contribution in [3.05, 3.63) is 65.7 Å². The number of methoxy groups -OCH3 is 1. The molecule has 0 aliphatic carbocycles. The first-order valence-corrected chi connectivity index (χ1v) is 8.69. The fourth-order valence-corrected chi connectivity index (χ4v) is 2.51. The van der Waals surface area contributed by atoms with Gasteiger partial charge in [0.25, 0.3) is 5.91 Å². The van der Waals surface area contributed by atoms with Crippen LogP contribution in [0.15, 0.2) is 54.9 Å². The summed E-state index contributed by atoms with van der Waals surface area (Å²) >= 11 is 5.91. The fourth-order valence-electron chi connectivity index (χ4n) is 2.35. The predicted octanol–water partition coefficient (Wildman–Crippen LogP) is 3.11. The number of halogens is 1. The average Bonchev–Trinajstić information content (AvgIpc) is 3.15. The molecule has 1 aromatic carbocycles. The molecule has 3 rings (SSSR count). The lowest BCUT2D eigenvalue weighted by atomic mass is 10.3. The summed E-state index contributed by atoms with van der Waals surface area (Å²) in [6.45, 7) is 1.44. The second-order valence-corrected chi connectivity index (χ2v) is 6.06. The number of anilines is 1. The van der Waals surface area contributed by atoms with E-state index in [1.54, 1.807) is 18.3 Å². The Balaban J connectivity index is 1.72. The Morgan fingerprint density at radius 1 is 1.18 bits per heavy atom. The van der Waals surface area contributed by atoms with E-state index in [-0.39, 0.29) is 16.6 Å². The van der Waals surface area contributed by atoms with Crippen molar-refractivity contribution in [1.29, 1.82) is 0 Å². The van der Waals surface area contributed by atoms with E-state index in [1.165, 1.54) is 24.9 Å². The minimum absolute atomic E-state index is 0.0367. The number of amides is 1. The first-order chi connectivity index (χ1) is 13.5. The molecule has 144 valence electrons. The second kappa shape index (κ2) is 8.53. The van der Waals surface area contributed by atoms with Crippen molar-refractivity contribution >= 4 is 29.2 Å². The number of esters is 1. The van der Waals surface area contributed by atoms with Crippen LogP contribution >= 0.6 is 11.6 Å². The molecule has 28 heavy (non-hydrogen) atoms. The van der Waals surface area contributed by atoms with Gasteiger partial charge in [-0.1, -0.05) is 29.8 Å². The molecule has 0 aliphatic heterocycles. The quantitative estimate of drug-likeness (QED) is 0.504. The van der Waals surface area contributed by atoms with Gasteiger partial charge < -0.3 is 14.8 Å². The maximum atomic E-state index is 12.5. The van der Waals surface area contributed by atoms with Crippen molar-refractivity contribution in [2.45, 2.75) is 13.0 Å². The van der Waals surface area contributed by atoms with Crippen LogP contribution in [0.3, 0.4) is 0 Å². The third kappa shape index (κ3) is 4.29. The molecule has 0 fully saturated rings. The lowest BCUT2D eigenvalue weighted by molar-refractivity contribution is -0.123. The zero-order chi connectivity index (χ0) is 20.1. The minimum atomic E-state index is -1.09. The van der Waals surface area contributed by atoms with E-state index in [0.29, 0.717) is 5.69 Å². The number of rotatable bonds is 6. The fraction of sp³-hybridized carbons (Fsp3) is 0.158. The molecule has 1 N–H and O–H groups in total. The monoisotopic (exact) mass is 400 g/mol. The molecule has 0 aliphatic rings. The number of carbonyl (C=O) groups is 2. The van der Waals surface area contributed by atoms with E-state index in [4.69, 9.17) is 21.1 Å². The number of ether oxygens (including phenoxy) is 2. The molecule has 3 aromatic rings. The Hall–Kier alpha value is -3.39. The van der Waals surface area contributed by atoms with Crippen LogP contribution < -0.4 is 10.1 Å². The number of aromatic nitrogens is 3. The number of hydrogen-bond donors (Lipinski definition) is 1. The molecule has 0 spiro atoms. The molecule has 9 heteroatoms. The summed E-state index contributed by atoms with van der Waals surface area (Å²) in [6, 6.07) is 12.4. The first-order valence-electron chi connectivity index (χ1n) is 8.31.